The predicted molar refractivity (Wildman–Crippen MR) is 108 cm³/mol. The van der Waals surface area contributed by atoms with Crippen molar-refractivity contribution in [3.63, 3.8) is 0 Å². The fourth-order valence-corrected chi connectivity index (χ4v) is 3.53. The Labute approximate surface area is 163 Å². The first-order chi connectivity index (χ1) is 13.6. The number of carbonyl (C=O) groups excluding carboxylic acids is 2. The summed E-state index contributed by atoms with van der Waals surface area (Å²) in [5, 5.41) is 4.13. The largest absolute Gasteiger partial charge is 0.479 e. The summed E-state index contributed by atoms with van der Waals surface area (Å²) in [6.45, 7) is 3.08. The highest BCUT2D eigenvalue weighted by Crippen LogP contribution is 2.33. The van der Waals surface area contributed by atoms with Crippen LogP contribution < -0.4 is 15.0 Å². The number of para-hydroxylation sites is 3. The number of hydrogen-bond donors (Lipinski definition) is 1. The Kier molecular flexibility index (Phi) is 5.02. The number of ether oxygens (including phenoxy) is 1. The van der Waals surface area contributed by atoms with Crippen molar-refractivity contribution in [1.29, 1.82) is 0 Å². The molecule has 1 N–H and O–H groups in total. The van der Waals surface area contributed by atoms with Crippen LogP contribution in [0.25, 0.3) is 10.9 Å². The summed E-state index contributed by atoms with van der Waals surface area (Å²) in [5.41, 5.74) is 1.83. The molecule has 0 aliphatic carbocycles. The van der Waals surface area contributed by atoms with Gasteiger partial charge in [-0.3, -0.25) is 14.5 Å². The zero-order valence-electron chi connectivity index (χ0n) is 15.8. The third kappa shape index (κ3) is 3.58. The van der Waals surface area contributed by atoms with Crippen LogP contribution in [-0.2, 0) is 16.1 Å². The van der Waals surface area contributed by atoms with Gasteiger partial charge in [-0.25, -0.2) is 0 Å². The third-order valence-electron chi connectivity index (χ3n) is 4.95. The zero-order valence-corrected chi connectivity index (χ0v) is 15.8. The molecule has 1 aliphatic heterocycles. The molecule has 0 spiro atoms. The molecule has 1 aromatic heterocycles. The van der Waals surface area contributed by atoms with Crippen molar-refractivity contribution < 1.29 is 14.3 Å². The molecule has 4 rings (SSSR count). The molecule has 0 radical (unpaired) electrons. The van der Waals surface area contributed by atoms with E-state index in [-0.39, 0.29) is 18.4 Å². The second-order valence-electron chi connectivity index (χ2n) is 6.92. The minimum Gasteiger partial charge on any atom is -0.479 e. The quantitative estimate of drug-likeness (QED) is 0.672. The molecule has 0 saturated heterocycles. The topological polar surface area (TPSA) is 63.6 Å². The molecule has 2 aromatic carbocycles. The lowest BCUT2D eigenvalue weighted by molar-refractivity contribution is -0.128. The number of benzene rings is 2. The summed E-state index contributed by atoms with van der Waals surface area (Å²) in [7, 11) is 0. The normalized spacial score (nSPS) is 16.0. The molecule has 0 fully saturated rings. The number of fused-ring (bicyclic) bond motifs is 2. The van der Waals surface area contributed by atoms with Crippen molar-refractivity contribution in [2.45, 2.75) is 26.0 Å². The van der Waals surface area contributed by atoms with Gasteiger partial charge in [0, 0.05) is 24.8 Å². The lowest BCUT2D eigenvalue weighted by Gasteiger charge is -2.32. The molecule has 1 unspecified atom stereocenters. The van der Waals surface area contributed by atoms with Gasteiger partial charge >= 0.3 is 0 Å². The van der Waals surface area contributed by atoms with Crippen molar-refractivity contribution in [2.75, 3.05) is 18.0 Å². The Morgan fingerprint density at radius 1 is 1.11 bits per heavy atom. The Morgan fingerprint density at radius 3 is 2.79 bits per heavy atom. The molecule has 144 valence electrons. The lowest BCUT2D eigenvalue weighted by Crippen LogP contribution is -2.48. The van der Waals surface area contributed by atoms with E-state index < -0.39 is 6.10 Å². The lowest BCUT2D eigenvalue weighted by atomic mass is 10.2. The highest BCUT2D eigenvalue weighted by atomic mass is 16.5. The van der Waals surface area contributed by atoms with Crippen molar-refractivity contribution in [2.24, 2.45) is 0 Å². The highest BCUT2D eigenvalue weighted by Gasteiger charge is 2.32. The van der Waals surface area contributed by atoms with Crippen LogP contribution in [0.5, 0.6) is 5.75 Å². The zero-order chi connectivity index (χ0) is 19.5. The van der Waals surface area contributed by atoms with E-state index in [1.54, 1.807) is 13.0 Å². The maximum Gasteiger partial charge on any atom is 0.268 e. The number of hydrogen-bond acceptors (Lipinski definition) is 3. The van der Waals surface area contributed by atoms with Gasteiger partial charge in [-0.05, 0) is 43.0 Å². The van der Waals surface area contributed by atoms with Gasteiger partial charge in [0.2, 0.25) is 5.91 Å². The van der Waals surface area contributed by atoms with Crippen molar-refractivity contribution in [3.05, 3.63) is 60.8 Å². The number of nitrogens with one attached hydrogen (secondary N) is 1. The van der Waals surface area contributed by atoms with Crippen LogP contribution in [0.2, 0.25) is 0 Å². The number of carbonyl (C=O) groups is 2. The fourth-order valence-electron chi connectivity index (χ4n) is 3.53. The van der Waals surface area contributed by atoms with Gasteiger partial charge in [-0.1, -0.05) is 30.3 Å². The van der Waals surface area contributed by atoms with E-state index in [0.29, 0.717) is 18.0 Å². The molecule has 6 nitrogen and oxygen atoms in total. The molecule has 0 bridgehead atoms. The minimum absolute atomic E-state index is 0.00397. The van der Waals surface area contributed by atoms with Gasteiger partial charge in [-0.2, -0.15) is 0 Å². The highest BCUT2D eigenvalue weighted by molar-refractivity contribution is 6.03. The maximum absolute atomic E-state index is 12.5. The summed E-state index contributed by atoms with van der Waals surface area (Å²) < 4.78 is 7.79. The van der Waals surface area contributed by atoms with Crippen molar-refractivity contribution in [3.8, 4) is 5.75 Å². The van der Waals surface area contributed by atoms with Crippen LogP contribution in [0.15, 0.2) is 60.8 Å². The van der Waals surface area contributed by atoms with E-state index in [4.69, 9.17) is 4.74 Å². The molecule has 2 amide bonds. The Morgan fingerprint density at radius 2 is 1.89 bits per heavy atom. The monoisotopic (exact) mass is 377 g/mol. The Balaban J connectivity index is 1.32. The van der Waals surface area contributed by atoms with Gasteiger partial charge < -0.3 is 14.6 Å². The van der Waals surface area contributed by atoms with Crippen molar-refractivity contribution >= 4 is 28.4 Å². The Bertz CT molecular complexity index is 1010. The fraction of sp³-hybridized carbons (Fsp3) is 0.273. The first-order valence-electron chi connectivity index (χ1n) is 9.51. The van der Waals surface area contributed by atoms with Gasteiger partial charge in [0.1, 0.15) is 12.3 Å². The standard InChI is InChI=1S/C22H23N3O3/c1-16-22(27)25(19-9-4-5-10-20(19)28-16)15-21(26)23-12-6-13-24-14-11-17-7-2-3-8-18(17)24/h2-5,7-11,14,16H,6,12-13,15H2,1H3,(H,23,26). The van der Waals surface area contributed by atoms with Gasteiger partial charge in [0.25, 0.3) is 5.91 Å². The molecular weight excluding hydrogens is 354 g/mol. The van der Waals surface area contributed by atoms with Crippen LogP contribution in [0.3, 0.4) is 0 Å². The summed E-state index contributed by atoms with van der Waals surface area (Å²) in [6, 6.07) is 17.6. The molecule has 3 aromatic rings. The summed E-state index contributed by atoms with van der Waals surface area (Å²) in [5.74, 6) is 0.254. The number of nitrogens with zero attached hydrogens (tertiary/aromatic N) is 2. The van der Waals surface area contributed by atoms with E-state index in [1.807, 2.05) is 30.3 Å². The van der Waals surface area contributed by atoms with Crippen LogP contribution >= 0.6 is 0 Å². The van der Waals surface area contributed by atoms with E-state index >= 15 is 0 Å². The molecule has 1 aliphatic rings. The van der Waals surface area contributed by atoms with Crippen molar-refractivity contribution in [1.82, 2.24) is 9.88 Å². The van der Waals surface area contributed by atoms with Crippen LogP contribution in [-0.4, -0.2) is 35.6 Å². The number of rotatable bonds is 6. The third-order valence-corrected chi connectivity index (χ3v) is 4.95. The summed E-state index contributed by atoms with van der Waals surface area (Å²) in [6.07, 6.45) is 2.29. The molecule has 6 heteroatoms. The first kappa shape index (κ1) is 18.1. The molecule has 2 heterocycles. The van der Waals surface area contributed by atoms with Crippen LogP contribution in [0.1, 0.15) is 13.3 Å². The van der Waals surface area contributed by atoms with E-state index in [2.05, 4.69) is 34.3 Å². The molecule has 1 atom stereocenters. The second-order valence-corrected chi connectivity index (χ2v) is 6.92. The second kappa shape index (κ2) is 7.76. The number of amides is 2. The molecule has 0 saturated carbocycles. The molecular formula is C22H23N3O3. The van der Waals surface area contributed by atoms with E-state index in [1.165, 1.54) is 15.8 Å². The van der Waals surface area contributed by atoms with Crippen LogP contribution in [0.4, 0.5) is 5.69 Å². The van der Waals surface area contributed by atoms with Gasteiger partial charge in [-0.15, -0.1) is 0 Å². The molecule has 28 heavy (non-hydrogen) atoms. The van der Waals surface area contributed by atoms with Gasteiger partial charge in [0.05, 0.1) is 5.69 Å². The predicted octanol–water partition coefficient (Wildman–Crippen LogP) is 2.96. The SMILES string of the molecule is CC1Oc2ccccc2N(CC(=O)NCCCn2ccc3ccccc32)C1=O. The summed E-state index contributed by atoms with van der Waals surface area (Å²) >= 11 is 0. The smallest absolute Gasteiger partial charge is 0.268 e. The number of aromatic nitrogens is 1. The van der Waals surface area contributed by atoms with E-state index in [0.717, 1.165) is 13.0 Å². The van der Waals surface area contributed by atoms with E-state index in [9.17, 15) is 9.59 Å². The average molecular weight is 377 g/mol. The van der Waals surface area contributed by atoms with Crippen LogP contribution in [0, 0.1) is 0 Å². The first-order valence-corrected chi connectivity index (χ1v) is 9.51. The van der Waals surface area contributed by atoms with Gasteiger partial charge in [0.15, 0.2) is 6.10 Å². The maximum atomic E-state index is 12.5. The summed E-state index contributed by atoms with van der Waals surface area (Å²) in [4.78, 5) is 26.3. The number of anilines is 1. The average Bonchev–Trinajstić information content (AvgIpc) is 3.12. The number of aryl methyl sites for hydroxylation is 1. The minimum atomic E-state index is -0.593. The Hall–Kier alpha value is -3.28.